The van der Waals surface area contributed by atoms with Crippen LogP contribution in [0.25, 0.3) is 10.9 Å². The summed E-state index contributed by atoms with van der Waals surface area (Å²) in [6.45, 7) is 6.28. The number of amides is 1. The monoisotopic (exact) mass is 427 g/mol. The molecule has 1 heterocycles. The highest BCUT2D eigenvalue weighted by molar-refractivity contribution is 8.00. The molecule has 1 aromatic heterocycles. The van der Waals surface area contributed by atoms with Gasteiger partial charge in [-0.15, -0.1) is 0 Å². The summed E-state index contributed by atoms with van der Waals surface area (Å²) in [5.74, 6) is -0.477. The van der Waals surface area contributed by atoms with Crippen molar-refractivity contribution in [1.82, 2.24) is 14.9 Å². The molecule has 0 radical (unpaired) electrons. The number of unbranched alkanes of at least 4 members (excludes halogenated alkanes) is 1. The van der Waals surface area contributed by atoms with Crippen LogP contribution in [-0.4, -0.2) is 20.7 Å². The van der Waals surface area contributed by atoms with Crippen LogP contribution >= 0.6 is 11.8 Å². The van der Waals surface area contributed by atoms with E-state index in [2.05, 4.69) is 17.2 Å². The zero-order valence-electron chi connectivity index (χ0n) is 17.4. The predicted molar refractivity (Wildman–Crippen MR) is 119 cm³/mol. The van der Waals surface area contributed by atoms with Crippen molar-refractivity contribution in [2.45, 2.75) is 56.6 Å². The number of hydrogen-bond donors (Lipinski definition) is 1. The topological polar surface area (TPSA) is 64.0 Å². The number of para-hydroxylation sites is 1. The van der Waals surface area contributed by atoms with Crippen molar-refractivity contribution in [1.29, 1.82) is 0 Å². The molecule has 3 rings (SSSR count). The number of carbonyl (C=O) groups is 1. The number of halogens is 1. The molecule has 0 fully saturated rings. The molecular formula is C23H26FN3O2S. The molecular weight excluding hydrogens is 401 g/mol. The largest absolute Gasteiger partial charge is 0.349 e. The Morgan fingerprint density at radius 1 is 1.17 bits per heavy atom. The highest BCUT2D eigenvalue weighted by Crippen LogP contribution is 2.24. The van der Waals surface area contributed by atoms with Crippen LogP contribution in [-0.2, 0) is 11.3 Å². The number of rotatable bonds is 8. The lowest BCUT2D eigenvalue weighted by molar-refractivity contribution is -0.120. The number of nitrogens with one attached hydrogen (secondary N) is 1. The summed E-state index contributed by atoms with van der Waals surface area (Å²) in [6.07, 6.45) is 1.81. The van der Waals surface area contributed by atoms with Gasteiger partial charge in [-0.1, -0.05) is 49.4 Å². The van der Waals surface area contributed by atoms with Gasteiger partial charge in [0.2, 0.25) is 5.91 Å². The zero-order chi connectivity index (χ0) is 21.7. The Morgan fingerprint density at radius 3 is 2.57 bits per heavy atom. The number of carbonyl (C=O) groups excluding carboxylic acids is 1. The predicted octanol–water partition coefficient (Wildman–Crippen LogP) is 4.69. The van der Waals surface area contributed by atoms with Crippen LogP contribution in [0.15, 0.2) is 58.5 Å². The summed E-state index contributed by atoms with van der Waals surface area (Å²) >= 11 is 1.28. The average molecular weight is 428 g/mol. The molecule has 2 atom stereocenters. The summed E-state index contributed by atoms with van der Waals surface area (Å²) < 4.78 is 14.8. The summed E-state index contributed by atoms with van der Waals surface area (Å²) in [4.78, 5) is 30.4. The second-order valence-corrected chi connectivity index (χ2v) is 8.57. The van der Waals surface area contributed by atoms with Gasteiger partial charge in [0.05, 0.1) is 22.2 Å². The van der Waals surface area contributed by atoms with E-state index in [0.717, 1.165) is 18.4 Å². The SMILES string of the molecule is CCCCn1c(S[C@H](C)C(=O)N[C@@H](C)c2ccc(F)cc2)nc2ccccc2c1=O. The van der Waals surface area contributed by atoms with Crippen LogP contribution in [0, 0.1) is 5.82 Å². The molecule has 3 aromatic rings. The van der Waals surface area contributed by atoms with E-state index < -0.39 is 5.25 Å². The van der Waals surface area contributed by atoms with E-state index in [-0.39, 0.29) is 23.3 Å². The highest BCUT2D eigenvalue weighted by Gasteiger charge is 2.21. The van der Waals surface area contributed by atoms with Crippen molar-refractivity contribution in [3.8, 4) is 0 Å². The van der Waals surface area contributed by atoms with Gasteiger partial charge in [-0.05, 0) is 50.1 Å². The standard InChI is InChI=1S/C23H26FN3O2S/c1-4-5-14-27-22(29)19-8-6-7-9-20(19)26-23(27)30-16(3)21(28)25-15(2)17-10-12-18(24)13-11-17/h6-13,15-16H,4-5,14H2,1-3H3,(H,25,28)/t15-,16+/m0/s1. The van der Waals surface area contributed by atoms with E-state index in [4.69, 9.17) is 0 Å². The molecule has 0 spiro atoms. The fourth-order valence-electron chi connectivity index (χ4n) is 3.13. The Kier molecular flexibility index (Phi) is 7.26. The first-order valence-electron chi connectivity index (χ1n) is 10.1. The van der Waals surface area contributed by atoms with Crippen molar-refractivity contribution in [2.75, 3.05) is 0 Å². The molecule has 0 aliphatic heterocycles. The molecule has 0 saturated carbocycles. The van der Waals surface area contributed by atoms with Gasteiger partial charge in [0.1, 0.15) is 5.82 Å². The summed E-state index contributed by atoms with van der Waals surface area (Å²) in [5.41, 5.74) is 1.37. The molecule has 7 heteroatoms. The van der Waals surface area contributed by atoms with Gasteiger partial charge >= 0.3 is 0 Å². The van der Waals surface area contributed by atoms with Crippen molar-refractivity contribution in [3.63, 3.8) is 0 Å². The van der Waals surface area contributed by atoms with E-state index in [9.17, 15) is 14.0 Å². The van der Waals surface area contributed by atoms with Crippen LogP contribution in [0.4, 0.5) is 4.39 Å². The van der Waals surface area contributed by atoms with Crippen molar-refractivity contribution in [2.24, 2.45) is 0 Å². The second kappa shape index (κ2) is 9.89. The third-order valence-electron chi connectivity index (χ3n) is 4.94. The number of aromatic nitrogens is 2. The molecule has 0 unspecified atom stereocenters. The molecule has 0 bridgehead atoms. The van der Waals surface area contributed by atoms with E-state index in [1.54, 1.807) is 29.7 Å². The number of benzene rings is 2. The first-order chi connectivity index (χ1) is 14.4. The Balaban J connectivity index is 1.80. The Hall–Kier alpha value is -2.67. The van der Waals surface area contributed by atoms with Crippen LogP contribution in [0.2, 0.25) is 0 Å². The minimum Gasteiger partial charge on any atom is -0.349 e. The number of hydrogen-bond acceptors (Lipinski definition) is 4. The minimum atomic E-state index is -0.450. The Bertz CT molecular complexity index is 1080. The van der Waals surface area contributed by atoms with Crippen molar-refractivity contribution in [3.05, 3.63) is 70.3 Å². The van der Waals surface area contributed by atoms with Crippen molar-refractivity contribution < 1.29 is 9.18 Å². The summed E-state index contributed by atoms with van der Waals surface area (Å²) in [6, 6.07) is 13.1. The maximum Gasteiger partial charge on any atom is 0.262 e. The van der Waals surface area contributed by atoms with Crippen LogP contribution in [0.1, 0.15) is 45.2 Å². The van der Waals surface area contributed by atoms with Crippen molar-refractivity contribution >= 4 is 28.6 Å². The van der Waals surface area contributed by atoms with Crippen LogP contribution in [0.5, 0.6) is 0 Å². The number of fused-ring (bicyclic) bond motifs is 1. The van der Waals surface area contributed by atoms with E-state index in [1.165, 1.54) is 23.9 Å². The summed E-state index contributed by atoms with van der Waals surface area (Å²) in [7, 11) is 0. The fraction of sp³-hybridized carbons (Fsp3) is 0.348. The van der Waals surface area contributed by atoms with E-state index >= 15 is 0 Å². The van der Waals surface area contributed by atoms with Gasteiger partial charge in [-0.3, -0.25) is 14.2 Å². The van der Waals surface area contributed by atoms with Crippen LogP contribution < -0.4 is 10.9 Å². The summed E-state index contributed by atoms with van der Waals surface area (Å²) in [5, 5.41) is 3.63. The number of nitrogens with zero attached hydrogens (tertiary/aromatic N) is 2. The van der Waals surface area contributed by atoms with Gasteiger partial charge in [-0.25, -0.2) is 9.37 Å². The maximum absolute atomic E-state index is 13.1. The molecule has 1 amide bonds. The third-order valence-corrected chi connectivity index (χ3v) is 6.03. The highest BCUT2D eigenvalue weighted by atomic mass is 32.2. The van der Waals surface area contributed by atoms with Crippen LogP contribution in [0.3, 0.4) is 0 Å². The molecule has 0 aliphatic rings. The van der Waals surface area contributed by atoms with Gasteiger partial charge in [0.25, 0.3) is 5.56 Å². The molecule has 0 saturated heterocycles. The fourth-order valence-corrected chi connectivity index (χ4v) is 4.07. The minimum absolute atomic E-state index is 0.0798. The van der Waals surface area contributed by atoms with Gasteiger partial charge in [-0.2, -0.15) is 0 Å². The smallest absolute Gasteiger partial charge is 0.262 e. The quantitative estimate of drug-likeness (QED) is 0.418. The maximum atomic E-state index is 13.1. The lowest BCUT2D eigenvalue weighted by Gasteiger charge is -2.19. The molecule has 5 nitrogen and oxygen atoms in total. The van der Waals surface area contributed by atoms with Gasteiger partial charge in [0, 0.05) is 6.54 Å². The molecule has 2 aromatic carbocycles. The lowest BCUT2D eigenvalue weighted by atomic mass is 10.1. The first-order valence-corrected chi connectivity index (χ1v) is 11.0. The first kappa shape index (κ1) is 22.0. The molecule has 30 heavy (non-hydrogen) atoms. The van der Waals surface area contributed by atoms with Gasteiger partial charge in [0.15, 0.2) is 5.16 Å². The molecule has 0 aliphatic carbocycles. The normalized spacial score (nSPS) is 13.2. The lowest BCUT2D eigenvalue weighted by Crippen LogP contribution is -2.34. The average Bonchev–Trinajstić information content (AvgIpc) is 2.74. The van der Waals surface area contributed by atoms with E-state index in [1.807, 2.05) is 25.1 Å². The molecule has 158 valence electrons. The van der Waals surface area contributed by atoms with Gasteiger partial charge < -0.3 is 5.32 Å². The Labute approximate surface area is 179 Å². The zero-order valence-corrected chi connectivity index (χ0v) is 18.2. The Morgan fingerprint density at radius 2 is 1.87 bits per heavy atom. The van der Waals surface area contributed by atoms with E-state index in [0.29, 0.717) is 22.6 Å². The number of thioether (sulfide) groups is 1. The molecule has 1 N–H and O–H groups in total. The second-order valence-electron chi connectivity index (χ2n) is 7.26. The third kappa shape index (κ3) is 5.08.